The first kappa shape index (κ1) is 16.0. The highest BCUT2D eigenvalue weighted by atomic mass is 16.2. The predicted octanol–water partition coefficient (Wildman–Crippen LogP) is 2.76. The van der Waals surface area contributed by atoms with E-state index in [9.17, 15) is 4.79 Å². The van der Waals surface area contributed by atoms with Gasteiger partial charge in [0.1, 0.15) is 0 Å². The van der Waals surface area contributed by atoms with Crippen molar-refractivity contribution < 1.29 is 4.79 Å². The molecule has 1 unspecified atom stereocenters. The van der Waals surface area contributed by atoms with Crippen molar-refractivity contribution in [1.82, 2.24) is 4.90 Å². The first-order chi connectivity index (χ1) is 10.0. The summed E-state index contributed by atoms with van der Waals surface area (Å²) in [7, 11) is 1.94. The minimum absolute atomic E-state index is 0.139. The van der Waals surface area contributed by atoms with Crippen LogP contribution >= 0.6 is 0 Å². The highest BCUT2D eigenvalue weighted by molar-refractivity contribution is 5.79. The van der Waals surface area contributed by atoms with Crippen LogP contribution in [-0.4, -0.2) is 30.4 Å². The first-order valence-corrected chi connectivity index (χ1v) is 8.05. The first-order valence-electron chi connectivity index (χ1n) is 8.05. The minimum Gasteiger partial charge on any atom is -0.342 e. The lowest BCUT2D eigenvalue weighted by molar-refractivity contribution is -0.137. The van der Waals surface area contributed by atoms with Gasteiger partial charge in [-0.1, -0.05) is 36.2 Å². The average Bonchev–Trinajstić information content (AvgIpc) is 2.96. The average molecular weight is 288 g/mol. The van der Waals surface area contributed by atoms with Gasteiger partial charge in [-0.3, -0.25) is 4.79 Å². The number of benzene rings is 1. The maximum atomic E-state index is 12.7. The van der Waals surface area contributed by atoms with Crippen molar-refractivity contribution in [3.8, 4) is 0 Å². The van der Waals surface area contributed by atoms with Gasteiger partial charge >= 0.3 is 0 Å². The van der Waals surface area contributed by atoms with Gasteiger partial charge < -0.3 is 10.6 Å². The number of likely N-dealkylation sites (N-methyl/N-ethyl adjacent to an activating group) is 1. The van der Waals surface area contributed by atoms with Crippen LogP contribution in [0.15, 0.2) is 24.3 Å². The van der Waals surface area contributed by atoms with Crippen LogP contribution in [0, 0.1) is 18.8 Å². The van der Waals surface area contributed by atoms with Gasteiger partial charge in [0.05, 0.1) is 0 Å². The number of hydrogen-bond donors (Lipinski definition) is 1. The molecule has 1 aliphatic rings. The van der Waals surface area contributed by atoms with Crippen LogP contribution in [0.25, 0.3) is 0 Å². The van der Waals surface area contributed by atoms with Crippen LogP contribution in [0.4, 0.5) is 0 Å². The number of rotatable bonds is 5. The molecule has 116 valence electrons. The summed E-state index contributed by atoms with van der Waals surface area (Å²) in [6, 6.07) is 8.79. The molecule has 0 radical (unpaired) electrons. The molecule has 2 rings (SSSR count). The molecule has 1 aromatic carbocycles. The summed E-state index contributed by atoms with van der Waals surface area (Å²) >= 11 is 0. The zero-order chi connectivity index (χ0) is 15.4. The van der Waals surface area contributed by atoms with Crippen molar-refractivity contribution in [2.24, 2.45) is 17.6 Å². The summed E-state index contributed by atoms with van der Waals surface area (Å²) in [5.41, 5.74) is 8.36. The second-order valence-electron chi connectivity index (χ2n) is 6.52. The van der Waals surface area contributed by atoms with Crippen molar-refractivity contribution in [3.05, 3.63) is 35.4 Å². The van der Waals surface area contributed by atoms with E-state index in [-0.39, 0.29) is 17.9 Å². The van der Waals surface area contributed by atoms with E-state index in [0.717, 1.165) is 25.7 Å². The zero-order valence-electron chi connectivity index (χ0n) is 13.5. The summed E-state index contributed by atoms with van der Waals surface area (Å²) in [6.07, 6.45) is 4.15. The molecular weight excluding hydrogens is 260 g/mol. The Morgan fingerprint density at radius 2 is 2.00 bits per heavy atom. The third kappa shape index (κ3) is 3.85. The van der Waals surface area contributed by atoms with Crippen LogP contribution in [0.1, 0.15) is 37.3 Å². The van der Waals surface area contributed by atoms with Gasteiger partial charge in [0.15, 0.2) is 0 Å². The Hall–Kier alpha value is -1.35. The van der Waals surface area contributed by atoms with E-state index in [4.69, 9.17) is 5.73 Å². The minimum atomic E-state index is 0.139. The van der Waals surface area contributed by atoms with Crippen molar-refractivity contribution in [3.63, 3.8) is 0 Å². The van der Waals surface area contributed by atoms with Crippen LogP contribution in [-0.2, 0) is 11.2 Å². The van der Waals surface area contributed by atoms with E-state index in [1.54, 1.807) is 0 Å². The van der Waals surface area contributed by atoms with E-state index in [1.807, 2.05) is 11.9 Å². The number of nitrogens with zero attached hydrogens (tertiary/aromatic N) is 1. The van der Waals surface area contributed by atoms with Gasteiger partial charge in [-0.2, -0.15) is 0 Å². The summed E-state index contributed by atoms with van der Waals surface area (Å²) < 4.78 is 0. The number of carbonyl (C=O) groups excluding carboxylic acids is 1. The second-order valence-corrected chi connectivity index (χ2v) is 6.52. The highest BCUT2D eigenvalue weighted by Gasteiger charge is 2.34. The van der Waals surface area contributed by atoms with E-state index in [1.165, 1.54) is 11.1 Å². The molecule has 0 saturated heterocycles. The molecular formula is C18H28N2O. The summed E-state index contributed by atoms with van der Waals surface area (Å²) in [5, 5.41) is 0. The highest BCUT2D eigenvalue weighted by Crippen LogP contribution is 2.32. The van der Waals surface area contributed by atoms with Gasteiger partial charge in [0, 0.05) is 19.0 Å². The zero-order valence-corrected chi connectivity index (χ0v) is 13.5. The Morgan fingerprint density at radius 3 is 2.62 bits per heavy atom. The lowest BCUT2D eigenvalue weighted by atomic mass is 9.94. The normalized spacial score (nSPS) is 23.0. The van der Waals surface area contributed by atoms with Crippen molar-refractivity contribution in [2.75, 3.05) is 13.6 Å². The third-order valence-corrected chi connectivity index (χ3v) is 4.94. The van der Waals surface area contributed by atoms with Gasteiger partial charge in [-0.15, -0.1) is 0 Å². The van der Waals surface area contributed by atoms with Crippen molar-refractivity contribution in [2.45, 2.75) is 45.6 Å². The Labute approximate surface area is 128 Å². The molecule has 0 aliphatic heterocycles. The van der Waals surface area contributed by atoms with Gasteiger partial charge in [0.25, 0.3) is 0 Å². The molecule has 0 bridgehead atoms. The predicted molar refractivity (Wildman–Crippen MR) is 87.0 cm³/mol. The molecule has 2 N–H and O–H groups in total. The molecule has 0 aromatic heterocycles. The maximum Gasteiger partial charge on any atom is 0.226 e. The SMILES string of the molecule is Cc1ccc(CC(C)N(C)C(=O)[C@@H]2CCC[C@@H]2CN)cc1. The number of carbonyl (C=O) groups is 1. The van der Waals surface area contributed by atoms with Gasteiger partial charge in [0.2, 0.25) is 5.91 Å². The molecule has 1 aliphatic carbocycles. The molecule has 21 heavy (non-hydrogen) atoms. The standard InChI is InChI=1S/C18H28N2O/c1-13-7-9-15(10-8-13)11-14(2)20(3)18(21)17-6-4-5-16(17)12-19/h7-10,14,16-17H,4-6,11-12,19H2,1-3H3/t14?,16-,17-/m1/s1. The van der Waals surface area contributed by atoms with E-state index in [2.05, 4.69) is 38.1 Å². The molecule has 0 heterocycles. The third-order valence-electron chi connectivity index (χ3n) is 4.94. The van der Waals surface area contributed by atoms with Crippen LogP contribution in [0.2, 0.25) is 0 Å². The number of amides is 1. The summed E-state index contributed by atoms with van der Waals surface area (Å²) in [5.74, 6) is 0.801. The number of hydrogen-bond acceptors (Lipinski definition) is 2. The fourth-order valence-corrected chi connectivity index (χ4v) is 3.33. The van der Waals surface area contributed by atoms with Gasteiger partial charge in [-0.25, -0.2) is 0 Å². The molecule has 1 amide bonds. The molecule has 3 atom stereocenters. The Morgan fingerprint density at radius 1 is 1.33 bits per heavy atom. The van der Waals surface area contributed by atoms with Crippen molar-refractivity contribution >= 4 is 5.91 Å². The Balaban J connectivity index is 1.96. The van der Waals surface area contributed by atoms with E-state index in [0.29, 0.717) is 12.5 Å². The van der Waals surface area contributed by atoms with Crippen molar-refractivity contribution in [1.29, 1.82) is 0 Å². The molecule has 0 spiro atoms. The lowest BCUT2D eigenvalue weighted by Crippen LogP contribution is -2.42. The number of aryl methyl sites for hydroxylation is 1. The molecule has 3 heteroatoms. The van der Waals surface area contributed by atoms with Crippen LogP contribution < -0.4 is 5.73 Å². The lowest BCUT2D eigenvalue weighted by Gasteiger charge is -2.29. The Kier molecular flexibility index (Phi) is 5.40. The maximum absolute atomic E-state index is 12.7. The largest absolute Gasteiger partial charge is 0.342 e. The van der Waals surface area contributed by atoms with E-state index >= 15 is 0 Å². The van der Waals surface area contributed by atoms with Crippen LogP contribution in [0.3, 0.4) is 0 Å². The quantitative estimate of drug-likeness (QED) is 0.905. The summed E-state index contributed by atoms with van der Waals surface area (Å²) in [4.78, 5) is 14.6. The topological polar surface area (TPSA) is 46.3 Å². The van der Waals surface area contributed by atoms with Gasteiger partial charge in [-0.05, 0) is 51.1 Å². The fourth-order valence-electron chi connectivity index (χ4n) is 3.33. The summed E-state index contributed by atoms with van der Waals surface area (Å²) in [6.45, 7) is 4.86. The monoisotopic (exact) mass is 288 g/mol. The number of nitrogens with two attached hydrogens (primary N) is 1. The van der Waals surface area contributed by atoms with E-state index < -0.39 is 0 Å². The second kappa shape index (κ2) is 7.08. The molecule has 1 aromatic rings. The smallest absolute Gasteiger partial charge is 0.226 e. The fraction of sp³-hybridized carbons (Fsp3) is 0.611. The molecule has 1 saturated carbocycles. The Bertz CT molecular complexity index is 469. The van der Waals surface area contributed by atoms with Crippen LogP contribution in [0.5, 0.6) is 0 Å². The molecule has 3 nitrogen and oxygen atoms in total. The molecule has 1 fully saturated rings.